The SMILES string of the molecule is COc1ccc(Cl)cc1C(=O)N1CCC2(CCN(C(=O)c3cccnc3SC)CC2)C1. The molecule has 3 heterocycles. The molecule has 2 aliphatic rings. The first-order valence-electron chi connectivity index (χ1n) is 10.4. The summed E-state index contributed by atoms with van der Waals surface area (Å²) in [6.07, 6.45) is 6.39. The summed E-state index contributed by atoms with van der Waals surface area (Å²) in [6.45, 7) is 2.81. The van der Waals surface area contributed by atoms with Crippen LogP contribution in [0.4, 0.5) is 0 Å². The van der Waals surface area contributed by atoms with Crippen molar-refractivity contribution in [2.24, 2.45) is 5.41 Å². The number of carbonyl (C=O) groups is 2. The van der Waals surface area contributed by atoms with Gasteiger partial charge in [0.1, 0.15) is 10.8 Å². The van der Waals surface area contributed by atoms with Gasteiger partial charge in [0.2, 0.25) is 0 Å². The van der Waals surface area contributed by atoms with Crippen molar-refractivity contribution in [3.05, 3.63) is 52.7 Å². The highest BCUT2D eigenvalue weighted by atomic mass is 35.5. The molecule has 2 fully saturated rings. The van der Waals surface area contributed by atoms with Gasteiger partial charge in [0, 0.05) is 37.4 Å². The van der Waals surface area contributed by atoms with Crippen molar-refractivity contribution in [2.45, 2.75) is 24.3 Å². The zero-order chi connectivity index (χ0) is 22.0. The van der Waals surface area contributed by atoms with Crippen LogP contribution in [-0.2, 0) is 0 Å². The van der Waals surface area contributed by atoms with E-state index in [-0.39, 0.29) is 17.2 Å². The van der Waals surface area contributed by atoms with E-state index in [1.807, 2.05) is 28.2 Å². The summed E-state index contributed by atoms with van der Waals surface area (Å²) in [7, 11) is 1.56. The summed E-state index contributed by atoms with van der Waals surface area (Å²) in [5.41, 5.74) is 1.23. The maximum atomic E-state index is 13.1. The first kappa shape index (κ1) is 22.0. The molecule has 2 saturated heterocycles. The van der Waals surface area contributed by atoms with E-state index in [0.29, 0.717) is 48.1 Å². The second-order valence-electron chi connectivity index (χ2n) is 8.17. The number of benzene rings is 1. The summed E-state index contributed by atoms with van der Waals surface area (Å²) >= 11 is 7.60. The number of methoxy groups -OCH3 is 1. The summed E-state index contributed by atoms with van der Waals surface area (Å²) in [4.78, 5) is 34.3. The molecule has 1 aromatic carbocycles. The molecule has 0 bridgehead atoms. The fourth-order valence-corrected chi connectivity index (χ4v) is 5.32. The Morgan fingerprint density at radius 3 is 2.42 bits per heavy atom. The highest BCUT2D eigenvalue weighted by Crippen LogP contribution is 2.41. The zero-order valence-corrected chi connectivity index (χ0v) is 19.3. The molecular formula is C23H26ClN3O3S. The molecule has 164 valence electrons. The normalized spacial score (nSPS) is 17.8. The number of aromatic nitrogens is 1. The maximum Gasteiger partial charge on any atom is 0.257 e. The number of pyridine rings is 1. The predicted octanol–water partition coefficient (Wildman–Crippen LogP) is 4.23. The smallest absolute Gasteiger partial charge is 0.257 e. The predicted molar refractivity (Wildman–Crippen MR) is 122 cm³/mol. The number of hydrogen-bond acceptors (Lipinski definition) is 5. The first-order valence-corrected chi connectivity index (χ1v) is 12.0. The average Bonchev–Trinajstić information content (AvgIpc) is 3.22. The molecule has 0 aliphatic carbocycles. The first-order chi connectivity index (χ1) is 15.0. The molecule has 1 spiro atoms. The Bertz CT molecular complexity index is 992. The maximum absolute atomic E-state index is 13.1. The van der Waals surface area contributed by atoms with Crippen molar-refractivity contribution in [3.63, 3.8) is 0 Å². The molecule has 0 unspecified atom stereocenters. The van der Waals surface area contributed by atoms with Gasteiger partial charge >= 0.3 is 0 Å². The summed E-state index contributed by atoms with van der Waals surface area (Å²) < 4.78 is 5.36. The third kappa shape index (κ3) is 4.39. The number of ether oxygens (including phenoxy) is 1. The van der Waals surface area contributed by atoms with Gasteiger partial charge in [-0.25, -0.2) is 4.98 Å². The quantitative estimate of drug-likeness (QED) is 0.640. The zero-order valence-electron chi connectivity index (χ0n) is 17.8. The van der Waals surface area contributed by atoms with Crippen molar-refractivity contribution in [1.82, 2.24) is 14.8 Å². The number of piperidine rings is 1. The monoisotopic (exact) mass is 459 g/mol. The molecule has 2 amide bonds. The van der Waals surface area contributed by atoms with Crippen LogP contribution in [0.5, 0.6) is 5.75 Å². The van der Waals surface area contributed by atoms with Gasteiger partial charge in [-0.2, -0.15) is 0 Å². The molecule has 31 heavy (non-hydrogen) atoms. The largest absolute Gasteiger partial charge is 0.496 e. The highest BCUT2D eigenvalue weighted by Gasteiger charge is 2.43. The Kier molecular flexibility index (Phi) is 6.44. The Balaban J connectivity index is 1.42. The Hall–Kier alpha value is -2.25. The van der Waals surface area contributed by atoms with E-state index in [4.69, 9.17) is 16.3 Å². The van der Waals surface area contributed by atoms with E-state index >= 15 is 0 Å². The van der Waals surface area contributed by atoms with E-state index in [0.717, 1.165) is 24.3 Å². The summed E-state index contributed by atoms with van der Waals surface area (Å²) in [6, 6.07) is 8.78. The molecule has 0 saturated carbocycles. The van der Waals surface area contributed by atoms with Crippen LogP contribution in [0.3, 0.4) is 0 Å². The van der Waals surface area contributed by atoms with Crippen molar-refractivity contribution in [3.8, 4) is 5.75 Å². The number of thioether (sulfide) groups is 1. The number of nitrogens with zero attached hydrogens (tertiary/aromatic N) is 3. The molecule has 4 rings (SSSR count). The molecule has 0 N–H and O–H groups in total. The molecule has 0 atom stereocenters. The van der Waals surface area contributed by atoms with Crippen molar-refractivity contribution < 1.29 is 14.3 Å². The lowest BCUT2D eigenvalue weighted by atomic mass is 9.77. The van der Waals surface area contributed by atoms with Gasteiger partial charge in [-0.05, 0) is 61.3 Å². The van der Waals surface area contributed by atoms with Crippen molar-refractivity contribution in [2.75, 3.05) is 39.5 Å². The molecule has 8 heteroatoms. The van der Waals surface area contributed by atoms with Gasteiger partial charge in [0.15, 0.2) is 0 Å². The minimum atomic E-state index is -0.0466. The van der Waals surface area contributed by atoms with Crippen LogP contribution in [-0.4, -0.2) is 66.1 Å². The summed E-state index contributed by atoms with van der Waals surface area (Å²) in [5, 5.41) is 1.28. The molecule has 2 aromatic rings. The summed E-state index contributed by atoms with van der Waals surface area (Å²) in [5.74, 6) is 0.536. The van der Waals surface area contributed by atoms with E-state index in [1.54, 1.807) is 31.5 Å². The van der Waals surface area contributed by atoms with E-state index in [9.17, 15) is 9.59 Å². The second-order valence-corrected chi connectivity index (χ2v) is 9.41. The fourth-order valence-electron chi connectivity index (χ4n) is 4.61. The Labute approximate surface area is 191 Å². The van der Waals surface area contributed by atoms with E-state index < -0.39 is 0 Å². The Morgan fingerprint density at radius 1 is 1.06 bits per heavy atom. The van der Waals surface area contributed by atoms with Gasteiger partial charge in [-0.1, -0.05) is 11.6 Å². The van der Waals surface area contributed by atoms with Crippen molar-refractivity contribution in [1.29, 1.82) is 0 Å². The van der Waals surface area contributed by atoms with E-state index in [1.165, 1.54) is 11.8 Å². The number of halogens is 1. The third-order valence-electron chi connectivity index (χ3n) is 6.42. The molecule has 0 radical (unpaired) electrons. The van der Waals surface area contributed by atoms with E-state index in [2.05, 4.69) is 4.98 Å². The molecular weight excluding hydrogens is 434 g/mol. The third-order valence-corrected chi connectivity index (χ3v) is 7.37. The number of amides is 2. The van der Waals surface area contributed by atoms with Crippen LogP contribution in [0, 0.1) is 5.41 Å². The van der Waals surface area contributed by atoms with Crippen LogP contribution < -0.4 is 4.74 Å². The van der Waals surface area contributed by atoms with Crippen LogP contribution in [0.15, 0.2) is 41.6 Å². The molecule has 1 aromatic heterocycles. The number of likely N-dealkylation sites (tertiary alicyclic amines) is 2. The lowest BCUT2D eigenvalue weighted by Crippen LogP contribution is -2.44. The topological polar surface area (TPSA) is 62.7 Å². The molecule has 2 aliphatic heterocycles. The van der Waals surface area contributed by atoms with Gasteiger partial charge < -0.3 is 14.5 Å². The van der Waals surface area contributed by atoms with Gasteiger partial charge in [-0.15, -0.1) is 11.8 Å². The Morgan fingerprint density at radius 2 is 1.74 bits per heavy atom. The standard InChI is InChI=1S/C23H26ClN3O3S/c1-30-19-6-5-16(24)14-18(19)22(29)27-13-9-23(15-27)7-11-26(12-8-23)21(28)17-4-3-10-25-20(17)31-2/h3-6,10,14H,7-9,11-13,15H2,1-2H3. The lowest BCUT2D eigenvalue weighted by molar-refractivity contribution is 0.0561. The van der Waals surface area contributed by atoms with Crippen LogP contribution in [0.1, 0.15) is 40.0 Å². The second kappa shape index (κ2) is 9.09. The minimum Gasteiger partial charge on any atom is -0.496 e. The highest BCUT2D eigenvalue weighted by molar-refractivity contribution is 7.98. The number of hydrogen-bond donors (Lipinski definition) is 0. The van der Waals surface area contributed by atoms with Gasteiger partial charge in [-0.3, -0.25) is 9.59 Å². The van der Waals surface area contributed by atoms with Crippen LogP contribution >= 0.6 is 23.4 Å². The average molecular weight is 460 g/mol. The van der Waals surface area contributed by atoms with Gasteiger partial charge in [0.05, 0.1) is 18.2 Å². The lowest BCUT2D eigenvalue weighted by Gasteiger charge is -2.39. The van der Waals surface area contributed by atoms with Crippen molar-refractivity contribution >= 4 is 35.2 Å². The molecule has 6 nitrogen and oxygen atoms in total. The van der Waals surface area contributed by atoms with Gasteiger partial charge in [0.25, 0.3) is 11.8 Å². The minimum absolute atomic E-state index is 0.0434. The van der Waals surface area contributed by atoms with Crippen LogP contribution in [0.25, 0.3) is 0 Å². The van der Waals surface area contributed by atoms with Crippen LogP contribution in [0.2, 0.25) is 5.02 Å². The number of carbonyl (C=O) groups excluding carboxylic acids is 2. The fraction of sp³-hybridized carbons (Fsp3) is 0.435. The number of rotatable bonds is 4.